The highest BCUT2D eigenvalue weighted by Crippen LogP contribution is 2.15. The van der Waals surface area contributed by atoms with Crippen LogP contribution in [-0.2, 0) is 4.79 Å². The Bertz CT molecular complexity index is 334. The van der Waals surface area contributed by atoms with Crippen molar-refractivity contribution in [2.75, 3.05) is 32.8 Å². The largest absolute Gasteiger partial charge is 0.480 e. The van der Waals surface area contributed by atoms with Crippen molar-refractivity contribution in [3.05, 3.63) is 0 Å². The van der Waals surface area contributed by atoms with Gasteiger partial charge in [-0.15, -0.1) is 0 Å². The normalized spacial score (nSPS) is 20.2. The van der Waals surface area contributed by atoms with Gasteiger partial charge in [0, 0.05) is 32.2 Å². The molecular formula is C13H25N3O4. The second kappa shape index (κ2) is 8.06. The number of urea groups is 1. The fourth-order valence-corrected chi connectivity index (χ4v) is 2.59. The summed E-state index contributed by atoms with van der Waals surface area (Å²) in [5.41, 5.74) is 0. The average molecular weight is 287 g/mol. The van der Waals surface area contributed by atoms with Crippen molar-refractivity contribution in [2.45, 2.75) is 38.8 Å². The van der Waals surface area contributed by atoms with Gasteiger partial charge in [0.15, 0.2) is 0 Å². The van der Waals surface area contributed by atoms with Crippen LogP contribution < -0.4 is 5.32 Å². The van der Waals surface area contributed by atoms with Crippen LogP contribution in [0, 0.1) is 0 Å². The summed E-state index contributed by atoms with van der Waals surface area (Å²) < 4.78 is 0. The number of aliphatic hydroxyl groups excluding tert-OH is 1. The molecule has 0 aromatic rings. The van der Waals surface area contributed by atoms with E-state index in [2.05, 4.69) is 24.1 Å². The molecule has 1 fully saturated rings. The summed E-state index contributed by atoms with van der Waals surface area (Å²) in [6.07, 6.45) is 0.932. The SMILES string of the molecule is CCN(CC)C1CCN(C(=O)NC(CCO)C(=O)O)C1. The van der Waals surface area contributed by atoms with Crippen LogP contribution in [0.2, 0.25) is 0 Å². The lowest BCUT2D eigenvalue weighted by atomic mass is 10.2. The van der Waals surface area contributed by atoms with Crippen LogP contribution in [0.5, 0.6) is 0 Å². The fourth-order valence-electron chi connectivity index (χ4n) is 2.59. The number of hydrogen-bond acceptors (Lipinski definition) is 4. The summed E-state index contributed by atoms with van der Waals surface area (Å²) >= 11 is 0. The van der Waals surface area contributed by atoms with Crippen molar-refractivity contribution in [1.29, 1.82) is 0 Å². The van der Waals surface area contributed by atoms with Gasteiger partial charge in [0.25, 0.3) is 0 Å². The predicted molar refractivity (Wildman–Crippen MR) is 74.6 cm³/mol. The Hall–Kier alpha value is -1.34. The Morgan fingerprint density at radius 3 is 2.55 bits per heavy atom. The molecule has 7 nitrogen and oxygen atoms in total. The van der Waals surface area contributed by atoms with Crippen LogP contribution in [0.1, 0.15) is 26.7 Å². The first kappa shape index (κ1) is 16.7. The average Bonchev–Trinajstić information content (AvgIpc) is 2.89. The van der Waals surface area contributed by atoms with Crippen LogP contribution in [0.15, 0.2) is 0 Å². The first-order valence-corrected chi connectivity index (χ1v) is 7.16. The van der Waals surface area contributed by atoms with E-state index in [0.29, 0.717) is 19.1 Å². The number of carboxylic acid groups (broad SMARTS) is 1. The first-order chi connectivity index (χ1) is 9.53. The third-order valence-corrected chi connectivity index (χ3v) is 3.79. The predicted octanol–water partition coefficient (Wildman–Crippen LogP) is -0.0523. The molecule has 0 saturated carbocycles. The minimum atomic E-state index is -1.12. The molecule has 116 valence electrons. The standard InChI is InChI=1S/C13H25N3O4/c1-3-15(4-2)10-5-7-16(9-10)13(20)14-11(6-8-17)12(18)19/h10-11,17H,3-9H2,1-2H3,(H,14,20)(H,18,19). The van der Waals surface area contributed by atoms with Crippen molar-refractivity contribution in [1.82, 2.24) is 15.1 Å². The van der Waals surface area contributed by atoms with Crippen molar-refractivity contribution < 1.29 is 19.8 Å². The Balaban J connectivity index is 2.51. The van der Waals surface area contributed by atoms with Crippen LogP contribution in [0.25, 0.3) is 0 Å². The second-order valence-electron chi connectivity index (χ2n) is 4.96. The molecule has 1 aliphatic rings. The van der Waals surface area contributed by atoms with Gasteiger partial charge < -0.3 is 20.4 Å². The van der Waals surface area contributed by atoms with Crippen LogP contribution in [0.4, 0.5) is 4.79 Å². The van der Waals surface area contributed by atoms with Gasteiger partial charge in [0.05, 0.1) is 0 Å². The third-order valence-electron chi connectivity index (χ3n) is 3.79. The molecule has 1 rings (SSSR count). The van der Waals surface area contributed by atoms with Gasteiger partial charge in [-0.25, -0.2) is 9.59 Å². The number of rotatable bonds is 7. The van der Waals surface area contributed by atoms with Crippen LogP contribution in [0.3, 0.4) is 0 Å². The van der Waals surface area contributed by atoms with Gasteiger partial charge in [-0.1, -0.05) is 13.8 Å². The molecule has 2 unspecified atom stereocenters. The molecule has 0 radical (unpaired) electrons. The fraction of sp³-hybridized carbons (Fsp3) is 0.846. The number of carbonyl (C=O) groups is 2. The molecule has 0 spiro atoms. The molecule has 0 aromatic heterocycles. The number of aliphatic hydroxyl groups is 1. The molecule has 2 atom stereocenters. The third kappa shape index (κ3) is 4.35. The highest BCUT2D eigenvalue weighted by Gasteiger charge is 2.31. The van der Waals surface area contributed by atoms with E-state index < -0.39 is 12.0 Å². The number of aliphatic carboxylic acids is 1. The number of likely N-dealkylation sites (N-methyl/N-ethyl adjacent to an activating group) is 1. The zero-order chi connectivity index (χ0) is 15.1. The summed E-state index contributed by atoms with van der Waals surface area (Å²) in [6, 6.07) is -1.04. The number of nitrogens with one attached hydrogen (secondary N) is 1. The van der Waals surface area contributed by atoms with Gasteiger partial charge in [-0.05, 0) is 19.5 Å². The Labute approximate surface area is 119 Å². The molecular weight excluding hydrogens is 262 g/mol. The molecule has 1 aliphatic heterocycles. The van der Waals surface area contributed by atoms with E-state index in [9.17, 15) is 9.59 Å². The van der Waals surface area contributed by atoms with E-state index in [1.165, 1.54) is 0 Å². The molecule has 20 heavy (non-hydrogen) atoms. The maximum Gasteiger partial charge on any atom is 0.326 e. The minimum Gasteiger partial charge on any atom is -0.480 e. The molecule has 7 heteroatoms. The first-order valence-electron chi connectivity index (χ1n) is 7.16. The zero-order valence-corrected chi connectivity index (χ0v) is 12.2. The quantitative estimate of drug-likeness (QED) is 0.610. The van der Waals surface area contributed by atoms with Gasteiger partial charge in [-0.3, -0.25) is 4.90 Å². The van der Waals surface area contributed by atoms with Gasteiger partial charge in [-0.2, -0.15) is 0 Å². The molecule has 1 saturated heterocycles. The molecule has 0 aromatic carbocycles. The van der Waals surface area contributed by atoms with Crippen LogP contribution in [-0.4, -0.2) is 76.9 Å². The Morgan fingerprint density at radius 1 is 1.40 bits per heavy atom. The molecule has 1 heterocycles. The highest BCUT2D eigenvalue weighted by molar-refractivity contribution is 5.82. The van der Waals surface area contributed by atoms with Gasteiger partial charge in [0.2, 0.25) is 0 Å². The Kier molecular flexibility index (Phi) is 6.74. The smallest absolute Gasteiger partial charge is 0.326 e. The van der Waals surface area contributed by atoms with Crippen molar-refractivity contribution in [2.24, 2.45) is 0 Å². The second-order valence-corrected chi connectivity index (χ2v) is 4.96. The maximum atomic E-state index is 12.0. The lowest BCUT2D eigenvalue weighted by Crippen LogP contribution is -2.48. The highest BCUT2D eigenvalue weighted by atomic mass is 16.4. The number of carbonyl (C=O) groups excluding carboxylic acids is 1. The number of amides is 2. The summed E-state index contributed by atoms with van der Waals surface area (Å²) in [6.45, 7) is 7.07. The lowest BCUT2D eigenvalue weighted by Gasteiger charge is -2.26. The van der Waals surface area contributed by atoms with E-state index in [1.54, 1.807) is 4.90 Å². The Morgan fingerprint density at radius 2 is 2.05 bits per heavy atom. The van der Waals surface area contributed by atoms with Gasteiger partial charge in [0.1, 0.15) is 6.04 Å². The number of hydrogen-bond donors (Lipinski definition) is 3. The summed E-state index contributed by atoms with van der Waals surface area (Å²) in [4.78, 5) is 26.9. The number of nitrogens with zero attached hydrogens (tertiary/aromatic N) is 2. The van der Waals surface area contributed by atoms with E-state index in [1.807, 2.05) is 0 Å². The van der Waals surface area contributed by atoms with E-state index in [-0.39, 0.29) is 19.1 Å². The van der Waals surface area contributed by atoms with Crippen molar-refractivity contribution in [3.8, 4) is 0 Å². The van der Waals surface area contributed by atoms with Crippen molar-refractivity contribution in [3.63, 3.8) is 0 Å². The lowest BCUT2D eigenvalue weighted by molar-refractivity contribution is -0.139. The van der Waals surface area contributed by atoms with Crippen LogP contribution >= 0.6 is 0 Å². The zero-order valence-electron chi connectivity index (χ0n) is 12.2. The molecule has 3 N–H and O–H groups in total. The molecule has 2 amide bonds. The van der Waals surface area contributed by atoms with E-state index in [0.717, 1.165) is 19.5 Å². The molecule has 0 bridgehead atoms. The van der Waals surface area contributed by atoms with E-state index in [4.69, 9.17) is 10.2 Å². The summed E-state index contributed by atoms with van der Waals surface area (Å²) in [5.74, 6) is -1.12. The number of likely N-dealkylation sites (tertiary alicyclic amines) is 1. The van der Waals surface area contributed by atoms with E-state index >= 15 is 0 Å². The van der Waals surface area contributed by atoms with Gasteiger partial charge >= 0.3 is 12.0 Å². The maximum absolute atomic E-state index is 12.0. The molecule has 0 aliphatic carbocycles. The topological polar surface area (TPSA) is 93.1 Å². The minimum absolute atomic E-state index is 0.0222. The monoisotopic (exact) mass is 287 g/mol. The summed E-state index contributed by atoms with van der Waals surface area (Å²) in [7, 11) is 0. The van der Waals surface area contributed by atoms with Crippen molar-refractivity contribution >= 4 is 12.0 Å². The summed E-state index contributed by atoms with van der Waals surface area (Å²) in [5, 5.41) is 20.2. The number of carboxylic acids is 1.